The van der Waals surface area contributed by atoms with Gasteiger partial charge in [0.2, 0.25) is 0 Å². The van der Waals surface area contributed by atoms with Gasteiger partial charge in [0.25, 0.3) is 0 Å². The molecule has 4 nitrogen and oxygen atoms in total. The molecular weight excluding hydrogens is 230 g/mol. The van der Waals surface area contributed by atoms with Gasteiger partial charge in [0, 0.05) is 13.0 Å². The molecule has 0 bridgehead atoms. The monoisotopic (exact) mass is 253 g/mol. The van der Waals surface area contributed by atoms with Crippen LogP contribution in [-0.2, 0) is 4.79 Å². The fourth-order valence-corrected chi connectivity index (χ4v) is 2.38. The SMILES string of the molecule is C#CCCCCNCC1(O)CCC(C(=O)O)CC1. The van der Waals surface area contributed by atoms with E-state index in [1.807, 2.05) is 0 Å². The Morgan fingerprint density at radius 2 is 2.06 bits per heavy atom. The lowest BCUT2D eigenvalue weighted by molar-refractivity contribution is -0.144. The second-order valence-electron chi connectivity index (χ2n) is 5.17. The highest BCUT2D eigenvalue weighted by Gasteiger charge is 2.35. The van der Waals surface area contributed by atoms with Gasteiger partial charge in [-0.1, -0.05) is 0 Å². The Hall–Kier alpha value is -1.05. The maximum absolute atomic E-state index is 10.8. The predicted octanol–water partition coefficient (Wildman–Crippen LogP) is 1.39. The van der Waals surface area contributed by atoms with Crippen LogP contribution >= 0.6 is 0 Å². The molecule has 0 amide bonds. The Kier molecular flexibility index (Phi) is 6.17. The van der Waals surface area contributed by atoms with E-state index in [2.05, 4.69) is 11.2 Å². The minimum atomic E-state index is -0.737. The smallest absolute Gasteiger partial charge is 0.306 e. The van der Waals surface area contributed by atoms with Crippen molar-refractivity contribution in [2.24, 2.45) is 5.92 Å². The van der Waals surface area contributed by atoms with Crippen LogP contribution in [0.4, 0.5) is 0 Å². The third kappa shape index (κ3) is 5.07. The average molecular weight is 253 g/mol. The molecule has 0 saturated heterocycles. The Labute approximate surface area is 109 Å². The molecule has 0 aromatic heterocycles. The summed E-state index contributed by atoms with van der Waals surface area (Å²) in [6.07, 6.45) is 10.3. The molecule has 0 aromatic carbocycles. The Morgan fingerprint density at radius 1 is 1.39 bits per heavy atom. The largest absolute Gasteiger partial charge is 0.481 e. The number of nitrogens with one attached hydrogen (secondary N) is 1. The van der Waals surface area contributed by atoms with Crippen LogP contribution in [0.5, 0.6) is 0 Å². The Bertz CT molecular complexity index is 301. The zero-order valence-corrected chi connectivity index (χ0v) is 10.8. The molecule has 0 heterocycles. The van der Waals surface area contributed by atoms with E-state index in [1.54, 1.807) is 0 Å². The van der Waals surface area contributed by atoms with Crippen molar-refractivity contribution in [3.63, 3.8) is 0 Å². The van der Waals surface area contributed by atoms with Crippen molar-refractivity contribution < 1.29 is 15.0 Å². The van der Waals surface area contributed by atoms with Gasteiger partial charge in [0.1, 0.15) is 0 Å². The molecule has 1 fully saturated rings. The third-order valence-corrected chi connectivity index (χ3v) is 3.64. The molecule has 1 aliphatic carbocycles. The molecule has 0 radical (unpaired) electrons. The number of hydrogen-bond donors (Lipinski definition) is 3. The highest BCUT2D eigenvalue weighted by molar-refractivity contribution is 5.70. The highest BCUT2D eigenvalue weighted by atomic mass is 16.4. The summed E-state index contributed by atoms with van der Waals surface area (Å²) in [5.74, 6) is 1.58. The number of aliphatic hydroxyl groups is 1. The molecule has 102 valence electrons. The summed E-state index contributed by atoms with van der Waals surface area (Å²) in [7, 11) is 0. The number of terminal acetylenes is 1. The van der Waals surface area contributed by atoms with Crippen LogP contribution < -0.4 is 5.32 Å². The minimum Gasteiger partial charge on any atom is -0.481 e. The van der Waals surface area contributed by atoms with Gasteiger partial charge in [-0.3, -0.25) is 4.79 Å². The van der Waals surface area contributed by atoms with Crippen LogP contribution in [-0.4, -0.2) is 34.9 Å². The average Bonchev–Trinajstić information content (AvgIpc) is 2.34. The van der Waals surface area contributed by atoms with Crippen molar-refractivity contribution in [2.75, 3.05) is 13.1 Å². The standard InChI is InChI=1S/C14H23NO3/c1-2-3-4-5-10-15-11-14(18)8-6-12(7-9-14)13(16)17/h1,12,15,18H,3-11H2,(H,16,17). The third-order valence-electron chi connectivity index (χ3n) is 3.64. The van der Waals surface area contributed by atoms with Gasteiger partial charge >= 0.3 is 5.97 Å². The van der Waals surface area contributed by atoms with Crippen LogP contribution in [0.2, 0.25) is 0 Å². The molecular formula is C14H23NO3. The van der Waals surface area contributed by atoms with E-state index in [1.165, 1.54) is 0 Å². The van der Waals surface area contributed by atoms with Crippen molar-refractivity contribution in [2.45, 2.75) is 50.5 Å². The molecule has 18 heavy (non-hydrogen) atoms. The second kappa shape index (κ2) is 7.40. The number of carbonyl (C=O) groups is 1. The molecule has 0 aromatic rings. The number of hydrogen-bond acceptors (Lipinski definition) is 3. The van der Waals surface area contributed by atoms with Crippen LogP contribution in [0.25, 0.3) is 0 Å². The number of aliphatic carboxylic acids is 1. The molecule has 3 N–H and O–H groups in total. The van der Waals surface area contributed by atoms with Gasteiger partial charge in [0.05, 0.1) is 11.5 Å². The van der Waals surface area contributed by atoms with Crippen LogP contribution in [0.15, 0.2) is 0 Å². The maximum atomic E-state index is 10.8. The van der Waals surface area contributed by atoms with Crippen LogP contribution in [0.3, 0.4) is 0 Å². The highest BCUT2D eigenvalue weighted by Crippen LogP contribution is 2.31. The zero-order chi connectivity index (χ0) is 13.4. The summed E-state index contributed by atoms with van der Waals surface area (Å²) in [5.41, 5.74) is -0.724. The van der Waals surface area contributed by atoms with E-state index in [0.29, 0.717) is 32.2 Å². The summed E-state index contributed by atoms with van der Waals surface area (Å²) in [4.78, 5) is 10.8. The second-order valence-corrected chi connectivity index (χ2v) is 5.17. The first-order valence-electron chi connectivity index (χ1n) is 6.67. The fourth-order valence-electron chi connectivity index (χ4n) is 2.38. The fraction of sp³-hybridized carbons (Fsp3) is 0.786. The first-order valence-corrected chi connectivity index (χ1v) is 6.67. The number of unbranched alkanes of at least 4 members (excludes halogenated alkanes) is 2. The first kappa shape index (κ1) is 15.0. The number of rotatable bonds is 7. The van der Waals surface area contributed by atoms with Crippen molar-refractivity contribution in [1.82, 2.24) is 5.32 Å². The molecule has 1 aliphatic rings. The molecule has 0 atom stereocenters. The zero-order valence-electron chi connectivity index (χ0n) is 10.8. The molecule has 0 spiro atoms. The van der Waals surface area contributed by atoms with Crippen molar-refractivity contribution in [3.05, 3.63) is 0 Å². The summed E-state index contributed by atoms with van der Waals surface area (Å²) >= 11 is 0. The van der Waals surface area contributed by atoms with Gasteiger partial charge in [-0.2, -0.15) is 0 Å². The van der Waals surface area contributed by atoms with E-state index in [0.717, 1.165) is 25.8 Å². The van der Waals surface area contributed by atoms with Gasteiger partial charge in [0.15, 0.2) is 0 Å². The normalized spacial score (nSPS) is 27.7. The summed E-state index contributed by atoms with van der Waals surface area (Å²) < 4.78 is 0. The summed E-state index contributed by atoms with van der Waals surface area (Å²) in [6.45, 7) is 1.40. The van der Waals surface area contributed by atoms with Gasteiger partial charge in [-0.25, -0.2) is 0 Å². The molecule has 1 rings (SSSR count). The van der Waals surface area contributed by atoms with Crippen LogP contribution in [0, 0.1) is 18.3 Å². The van der Waals surface area contributed by atoms with E-state index < -0.39 is 11.6 Å². The quantitative estimate of drug-likeness (QED) is 0.473. The van der Waals surface area contributed by atoms with E-state index >= 15 is 0 Å². The lowest BCUT2D eigenvalue weighted by Gasteiger charge is -2.34. The molecule has 4 heteroatoms. The minimum absolute atomic E-state index is 0.277. The van der Waals surface area contributed by atoms with Gasteiger partial charge in [-0.15, -0.1) is 12.3 Å². The van der Waals surface area contributed by atoms with Crippen molar-refractivity contribution in [3.8, 4) is 12.3 Å². The molecule has 1 saturated carbocycles. The maximum Gasteiger partial charge on any atom is 0.306 e. The number of carboxylic acids is 1. The van der Waals surface area contributed by atoms with Crippen molar-refractivity contribution in [1.29, 1.82) is 0 Å². The molecule has 0 unspecified atom stereocenters. The van der Waals surface area contributed by atoms with E-state index in [4.69, 9.17) is 11.5 Å². The summed E-state index contributed by atoms with van der Waals surface area (Å²) in [6, 6.07) is 0. The van der Waals surface area contributed by atoms with E-state index in [9.17, 15) is 9.90 Å². The Balaban J connectivity index is 2.15. The van der Waals surface area contributed by atoms with Crippen molar-refractivity contribution >= 4 is 5.97 Å². The summed E-state index contributed by atoms with van der Waals surface area (Å²) in [5, 5.41) is 22.4. The first-order chi connectivity index (χ1) is 8.57. The lowest BCUT2D eigenvalue weighted by atomic mass is 9.79. The number of carboxylic acid groups (broad SMARTS) is 1. The van der Waals surface area contributed by atoms with Gasteiger partial charge < -0.3 is 15.5 Å². The lowest BCUT2D eigenvalue weighted by Crippen LogP contribution is -2.44. The predicted molar refractivity (Wildman–Crippen MR) is 70.1 cm³/mol. The topological polar surface area (TPSA) is 69.6 Å². The van der Waals surface area contributed by atoms with Crippen LogP contribution in [0.1, 0.15) is 44.9 Å². The van der Waals surface area contributed by atoms with E-state index in [-0.39, 0.29) is 5.92 Å². The Morgan fingerprint density at radius 3 is 2.61 bits per heavy atom. The van der Waals surface area contributed by atoms with Gasteiger partial charge in [-0.05, 0) is 45.1 Å². The molecule has 0 aliphatic heterocycles.